The van der Waals surface area contributed by atoms with E-state index in [4.69, 9.17) is 5.73 Å². The summed E-state index contributed by atoms with van der Waals surface area (Å²) in [6, 6.07) is 2.18. The number of hydrogen-bond acceptors (Lipinski definition) is 3. The van der Waals surface area contributed by atoms with Gasteiger partial charge in [-0.2, -0.15) is 0 Å². The molecule has 1 aromatic rings. The second-order valence-electron chi connectivity index (χ2n) is 3.86. The highest BCUT2D eigenvalue weighted by Crippen LogP contribution is 2.20. The first-order valence-electron chi connectivity index (χ1n) is 5.12. The summed E-state index contributed by atoms with van der Waals surface area (Å²) in [6.07, 6.45) is 1.02. The highest BCUT2D eigenvalue weighted by atomic mass is 14.9. The maximum atomic E-state index is 5.92. The number of nitrogens with zero attached hydrogens (tertiary/aromatic N) is 2. The van der Waals surface area contributed by atoms with Gasteiger partial charge in [-0.3, -0.25) is 0 Å². The molecule has 0 aliphatic heterocycles. The molecule has 0 aliphatic rings. The molecule has 0 radical (unpaired) electrons. The minimum atomic E-state index is 0.147. The smallest absolute Gasteiger partial charge is 0.125 e. The van der Waals surface area contributed by atoms with Gasteiger partial charge < -0.3 is 5.73 Å². The third-order valence-corrected chi connectivity index (χ3v) is 2.44. The lowest BCUT2D eigenvalue weighted by Crippen LogP contribution is -2.25. The van der Waals surface area contributed by atoms with Crippen LogP contribution in [-0.2, 0) is 0 Å². The Morgan fingerprint density at radius 3 is 2.43 bits per heavy atom. The lowest BCUT2D eigenvalue weighted by molar-refractivity contribution is 0.536. The summed E-state index contributed by atoms with van der Waals surface area (Å²) in [4.78, 5) is 8.69. The van der Waals surface area contributed by atoms with Crippen LogP contribution in [0.2, 0.25) is 0 Å². The molecule has 1 rings (SSSR count). The number of rotatable bonds is 3. The van der Waals surface area contributed by atoms with Crippen molar-refractivity contribution in [1.82, 2.24) is 9.97 Å². The summed E-state index contributed by atoms with van der Waals surface area (Å²) >= 11 is 0. The van der Waals surface area contributed by atoms with Crippen molar-refractivity contribution < 1.29 is 0 Å². The standard InChI is InChI=1S/C11H19N3/c1-5-10(8(3)12)11-6-7(2)13-9(4)14-11/h6,8,10H,5,12H2,1-4H3. The molecule has 2 unspecified atom stereocenters. The summed E-state index contributed by atoms with van der Waals surface area (Å²) in [7, 11) is 0. The van der Waals surface area contributed by atoms with E-state index in [2.05, 4.69) is 16.9 Å². The molecule has 0 saturated carbocycles. The van der Waals surface area contributed by atoms with Crippen LogP contribution >= 0.6 is 0 Å². The van der Waals surface area contributed by atoms with Gasteiger partial charge in [-0.15, -0.1) is 0 Å². The Hall–Kier alpha value is -0.960. The summed E-state index contributed by atoms with van der Waals surface area (Å²) in [5, 5.41) is 0. The van der Waals surface area contributed by atoms with E-state index in [-0.39, 0.29) is 6.04 Å². The van der Waals surface area contributed by atoms with Crippen molar-refractivity contribution in [3.8, 4) is 0 Å². The second kappa shape index (κ2) is 4.51. The van der Waals surface area contributed by atoms with E-state index in [0.29, 0.717) is 5.92 Å². The largest absolute Gasteiger partial charge is 0.327 e. The minimum absolute atomic E-state index is 0.147. The van der Waals surface area contributed by atoms with Gasteiger partial charge in [0.1, 0.15) is 5.82 Å². The van der Waals surface area contributed by atoms with Crippen LogP contribution in [-0.4, -0.2) is 16.0 Å². The Morgan fingerprint density at radius 1 is 1.36 bits per heavy atom. The number of aryl methyl sites for hydroxylation is 2. The highest BCUT2D eigenvalue weighted by molar-refractivity contribution is 5.15. The van der Waals surface area contributed by atoms with Crippen LogP contribution in [0.1, 0.15) is 43.4 Å². The van der Waals surface area contributed by atoms with E-state index in [1.54, 1.807) is 0 Å². The first kappa shape index (κ1) is 11.1. The molecule has 0 aliphatic carbocycles. The first-order valence-corrected chi connectivity index (χ1v) is 5.12. The molecule has 2 atom stereocenters. The molecule has 0 amide bonds. The van der Waals surface area contributed by atoms with Crippen molar-refractivity contribution in [1.29, 1.82) is 0 Å². The van der Waals surface area contributed by atoms with E-state index in [0.717, 1.165) is 23.6 Å². The fraction of sp³-hybridized carbons (Fsp3) is 0.636. The third kappa shape index (κ3) is 2.51. The maximum Gasteiger partial charge on any atom is 0.125 e. The van der Waals surface area contributed by atoms with Crippen molar-refractivity contribution in [2.45, 2.75) is 46.1 Å². The SMILES string of the molecule is CCC(c1cc(C)nc(C)n1)C(C)N. The lowest BCUT2D eigenvalue weighted by atomic mass is 9.94. The van der Waals surface area contributed by atoms with Crippen LogP contribution in [0.25, 0.3) is 0 Å². The Morgan fingerprint density at radius 2 is 2.00 bits per heavy atom. The molecule has 0 bridgehead atoms. The molecule has 1 heterocycles. The van der Waals surface area contributed by atoms with Gasteiger partial charge in [-0.05, 0) is 33.3 Å². The zero-order valence-corrected chi connectivity index (χ0v) is 9.41. The van der Waals surface area contributed by atoms with Crippen LogP contribution in [0.5, 0.6) is 0 Å². The van der Waals surface area contributed by atoms with Crippen LogP contribution in [0, 0.1) is 13.8 Å². The van der Waals surface area contributed by atoms with E-state index in [1.165, 1.54) is 0 Å². The molecule has 78 valence electrons. The molecule has 0 aromatic carbocycles. The molecule has 14 heavy (non-hydrogen) atoms. The van der Waals surface area contributed by atoms with Gasteiger partial charge in [0.2, 0.25) is 0 Å². The molecule has 0 saturated heterocycles. The molecule has 2 N–H and O–H groups in total. The number of hydrogen-bond donors (Lipinski definition) is 1. The Bertz CT molecular complexity index is 287. The van der Waals surface area contributed by atoms with Crippen LogP contribution < -0.4 is 5.73 Å². The predicted molar refractivity (Wildman–Crippen MR) is 58.2 cm³/mol. The van der Waals surface area contributed by atoms with Crippen molar-refractivity contribution in [3.05, 3.63) is 23.3 Å². The molecule has 0 fully saturated rings. The topological polar surface area (TPSA) is 51.8 Å². The molecule has 0 spiro atoms. The van der Waals surface area contributed by atoms with E-state index in [1.807, 2.05) is 26.8 Å². The second-order valence-corrected chi connectivity index (χ2v) is 3.86. The van der Waals surface area contributed by atoms with E-state index < -0.39 is 0 Å². The summed E-state index contributed by atoms with van der Waals surface area (Å²) in [6.45, 7) is 8.08. The highest BCUT2D eigenvalue weighted by Gasteiger charge is 2.16. The number of aromatic nitrogens is 2. The van der Waals surface area contributed by atoms with E-state index in [9.17, 15) is 0 Å². The van der Waals surface area contributed by atoms with Gasteiger partial charge in [0.25, 0.3) is 0 Å². The van der Waals surface area contributed by atoms with E-state index >= 15 is 0 Å². The summed E-state index contributed by atoms with van der Waals surface area (Å²) in [5.74, 6) is 1.18. The van der Waals surface area contributed by atoms with Gasteiger partial charge in [0, 0.05) is 23.3 Å². The van der Waals surface area contributed by atoms with Gasteiger partial charge in [-0.1, -0.05) is 6.92 Å². The Kier molecular flexibility index (Phi) is 3.58. The Balaban J connectivity index is 3.04. The lowest BCUT2D eigenvalue weighted by Gasteiger charge is -2.18. The maximum absolute atomic E-state index is 5.92. The molecule has 1 aromatic heterocycles. The zero-order valence-electron chi connectivity index (χ0n) is 9.41. The van der Waals surface area contributed by atoms with Gasteiger partial charge in [-0.25, -0.2) is 9.97 Å². The third-order valence-electron chi connectivity index (χ3n) is 2.44. The van der Waals surface area contributed by atoms with Crippen LogP contribution in [0.4, 0.5) is 0 Å². The quantitative estimate of drug-likeness (QED) is 0.798. The van der Waals surface area contributed by atoms with Gasteiger partial charge in [0.05, 0.1) is 0 Å². The zero-order chi connectivity index (χ0) is 10.7. The average Bonchev–Trinajstić information content (AvgIpc) is 2.02. The predicted octanol–water partition coefficient (Wildman–Crippen LogP) is 1.93. The minimum Gasteiger partial charge on any atom is -0.327 e. The number of nitrogens with two attached hydrogens (primary N) is 1. The monoisotopic (exact) mass is 193 g/mol. The molecule has 3 heteroatoms. The van der Waals surface area contributed by atoms with Crippen molar-refractivity contribution >= 4 is 0 Å². The van der Waals surface area contributed by atoms with Crippen LogP contribution in [0.15, 0.2) is 6.07 Å². The van der Waals surface area contributed by atoms with Crippen molar-refractivity contribution in [2.75, 3.05) is 0 Å². The summed E-state index contributed by atoms with van der Waals surface area (Å²) < 4.78 is 0. The van der Waals surface area contributed by atoms with Gasteiger partial charge in [0.15, 0.2) is 0 Å². The molecular weight excluding hydrogens is 174 g/mol. The van der Waals surface area contributed by atoms with Gasteiger partial charge >= 0.3 is 0 Å². The van der Waals surface area contributed by atoms with Crippen LogP contribution in [0.3, 0.4) is 0 Å². The molecular formula is C11H19N3. The summed E-state index contributed by atoms with van der Waals surface area (Å²) in [5.41, 5.74) is 8.02. The fourth-order valence-corrected chi connectivity index (χ4v) is 1.79. The van der Waals surface area contributed by atoms with Crippen molar-refractivity contribution in [3.63, 3.8) is 0 Å². The Labute approximate surface area is 85.8 Å². The average molecular weight is 193 g/mol. The fourth-order valence-electron chi connectivity index (χ4n) is 1.79. The van der Waals surface area contributed by atoms with Crippen molar-refractivity contribution in [2.24, 2.45) is 5.73 Å². The first-order chi connectivity index (χ1) is 6.54. The molecule has 3 nitrogen and oxygen atoms in total. The normalized spacial score (nSPS) is 15.2.